The van der Waals surface area contributed by atoms with E-state index in [9.17, 15) is 28.6 Å². The molecule has 5 aliphatic heterocycles. The van der Waals surface area contributed by atoms with Gasteiger partial charge < -0.3 is 86.2 Å². The van der Waals surface area contributed by atoms with Gasteiger partial charge in [-0.25, -0.2) is 18.9 Å². The molecule has 0 aromatic heterocycles. The molecule has 0 saturated carbocycles. The lowest BCUT2D eigenvalue weighted by Crippen LogP contribution is -2.70. The molecule has 119 heavy (non-hydrogen) atoms. The van der Waals surface area contributed by atoms with E-state index in [0.717, 1.165) is 27.8 Å². The number of nitrogens with one attached hydrogen (secondary N) is 2. The fourth-order valence-electron chi connectivity index (χ4n) is 14.3. The summed E-state index contributed by atoms with van der Waals surface area (Å²) < 4.78 is 128. The molecule has 5 fully saturated rings. The Hall–Kier alpha value is -8.39. The van der Waals surface area contributed by atoms with Crippen molar-refractivity contribution < 1.29 is 109 Å². The molecule has 3 N–H and O–H groups in total. The second-order valence-electron chi connectivity index (χ2n) is 29.3. The zero-order valence-electron chi connectivity index (χ0n) is 67.2. The molecule has 29 heteroatoms. The topological polar surface area (TPSA) is 290 Å². The van der Waals surface area contributed by atoms with E-state index in [4.69, 9.17) is 103 Å². The minimum atomic E-state index is -4.84. The van der Waals surface area contributed by atoms with Gasteiger partial charge in [-0.05, 0) is 134 Å². The van der Waals surface area contributed by atoms with Gasteiger partial charge in [-0.2, -0.15) is 0 Å². The van der Waals surface area contributed by atoms with Crippen LogP contribution in [0.4, 0.5) is 10.5 Å². The first-order chi connectivity index (χ1) is 57.7. The maximum atomic E-state index is 14.2. The van der Waals surface area contributed by atoms with Gasteiger partial charge in [0.25, 0.3) is 0 Å². The quantitative estimate of drug-likeness (QED) is 0.0192. The standard InChI is InChI=1S/C84H89Cl2N2O23P.C6H15N/c1-52-66(104-78(90)61-25-15-7-16-26-61)43-68(97-46-59-29-35-63(85)36-30-59)80(102-52)108-73-70(50-95-45-56-19-9-4-10-20-56)106-82(96-42-41-55-33-39-65(40-34-55)88-84(92)100-49-58-23-13-6-14-24-58)72(87-54(3)89)75(73)109-83-77(76(99-48-57-21-11-5-12-22-57)74-71(107-83)51-101-112(93,94)111-74)110-81-69(98-47-60-31-37-64(86)38-32-60)44-67(53(2)103-81)105-79(91)62-27-17-8-18-28-62;1-4-7(5-2)6-3/h4-40,52-53,66-77,80-83H,41-51H2,1-3H3,(H,87,89)(H,88,92)(H,93,94);4-6H2,1-3H3/t52-,53-,66-,67-,68-,69-,70+,71+,72+,73+,74-,75+,76-,77+,80-,81-,82+,83-;/m0./s1. The van der Waals surface area contributed by atoms with Crippen molar-refractivity contribution in [3.8, 4) is 0 Å². The summed E-state index contributed by atoms with van der Waals surface area (Å²) in [6.45, 7) is 14.1. The van der Waals surface area contributed by atoms with Crippen molar-refractivity contribution in [3.05, 3.63) is 279 Å². The summed E-state index contributed by atoms with van der Waals surface area (Å²) in [6, 6.07) is 64.9. The highest BCUT2D eigenvalue weighted by molar-refractivity contribution is 7.47. The van der Waals surface area contributed by atoms with E-state index >= 15 is 0 Å². The Labute approximate surface area is 704 Å². The van der Waals surface area contributed by atoms with Crippen molar-refractivity contribution in [1.82, 2.24) is 10.2 Å². The molecular weight excluding hydrogens is 1590 g/mol. The van der Waals surface area contributed by atoms with Gasteiger partial charge in [-0.1, -0.05) is 208 Å². The number of carbonyl (C=O) groups excluding carboxylic acids is 4. The summed E-state index contributed by atoms with van der Waals surface area (Å²) in [5.41, 5.74) is 5.69. The highest BCUT2D eigenvalue weighted by Crippen LogP contribution is 2.52. The number of hydrogen-bond acceptors (Lipinski definition) is 23. The minimum Gasteiger partial charge on any atom is -0.456 e. The number of phosphoric acid groups is 1. The summed E-state index contributed by atoms with van der Waals surface area (Å²) in [6.07, 6.45) is -21.6. The van der Waals surface area contributed by atoms with Crippen molar-refractivity contribution in [1.29, 1.82) is 0 Å². The Morgan fingerprint density at radius 3 is 1.44 bits per heavy atom. The number of amides is 2. The number of esters is 2. The summed E-state index contributed by atoms with van der Waals surface area (Å²) in [4.78, 5) is 68.7. The number of ether oxygens (including phenoxy) is 15. The minimum absolute atomic E-state index is 0.00367. The molecule has 8 aromatic rings. The van der Waals surface area contributed by atoms with Crippen LogP contribution in [-0.2, 0) is 129 Å². The van der Waals surface area contributed by atoms with Crippen LogP contribution >= 0.6 is 31.0 Å². The number of fused-ring (bicyclic) bond motifs is 1. The van der Waals surface area contributed by atoms with E-state index < -0.39 is 149 Å². The molecule has 1 unspecified atom stereocenters. The third kappa shape index (κ3) is 26.6. The fourth-order valence-corrected chi connectivity index (χ4v) is 15.5. The number of phosphoric ester groups is 1. The van der Waals surface area contributed by atoms with Gasteiger partial charge in [0.15, 0.2) is 25.2 Å². The van der Waals surface area contributed by atoms with Crippen LogP contribution in [0.15, 0.2) is 224 Å². The monoisotopic (exact) mass is 1700 g/mol. The molecule has 5 saturated heterocycles. The molecule has 2 amide bonds. The third-order valence-electron chi connectivity index (χ3n) is 20.8. The maximum absolute atomic E-state index is 14.2. The first kappa shape index (κ1) is 89.9. The first-order valence-corrected chi connectivity index (χ1v) is 42.4. The predicted molar refractivity (Wildman–Crippen MR) is 440 cm³/mol. The summed E-state index contributed by atoms with van der Waals surface area (Å²) in [5, 5.41) is 6.86. The van der Waals surface area contributed by atoms with Gasteiger partial charge in [0, 0.05) is 35.5 Å². The first-order valence-electron chi connectivity index (χ1n) is 40.2. The average molecular weight is 1700 g/mol. The van der Waals surface area contributed by atoms with Crippen LogP contribution in [0.3, 0.4) is 0 Å². The van der Waals surface area contributed by atoms with Crippen LogP contribution < -0.4 is 10.6 Å². The summed E-state index contributed by atoms with van der Waals surface area (Å²) in [7, 11) is -4.84. The second kappa shape index (κ2) is 44.9. The lowest BCUT2D eigenvalue weighted by atomic mass is 9.94. The van der Waals surface area contributed by atoms with Crippen molar-refractivity contribution in [3.63, 3.8) is 0 Å². The van der Waals surface area contributed by atoms with Gasteiger partial charge in [-0.3, -0.25) is 19.2 Å². The smallest absolute Gasteiger partial charge is 0.456 e. The molecule has 0 bridgehead atoms. The Bertz CT molecular complexity index is 4460. The lowest BCUT2D eigenvalue weighted by Gasteiger charge is -2.52. The van der Waals surface area contributed by atoms with E-state index in [1.807, 2.05) is 115 Å². The summed E-state index contributed by atoms with van der Waals surface area (Å²) >= 11 is 12.8. The van der Waals surface area contributed by atoms with E-state index in [1.165, 1.54) is 26.6 Å². The van der Waals surface area contributed by atoms with E-state index in [1.54, 1.807) is 123 Å². The summed E-state index contributed by atoms with van der Waals surface area (Å²) in [5.74, 6) is -1.76. The molecule has 0 radical (unpaired) electrons. The molecule has 19 atom stereocenters. The SMILES string of the molecule is CC(=O)N[C@H]1[C@H](OCCc2ccc(NC(=O)OCc3ccccc3)cc2)O[C@H](COCc2ccccc2)[C@@H](O[C@@H]2O[C@@H](C)[C@@H](OC(=O)c3ccccc3)C[C@@H]2OCc2ccc(Cl)cc2)[C@@H]1O[C@@H]1O[C@@H]2COP(=O)(O)O[C@@H]2[C@H](OCc2ccccc2)[C@H]1O[C@@H]1O[C@@H](C)[C@@H](OC(=O)c2ccccc2)C[C@@H]1OCc1ccc(Cl)cc1.CCN(CC)CC. The van der Waals surface area contributed by atoms with Crippen LogP contribution in [0.5, 0.6) is 0 Å². The van der Waals surface area contributed by atoms with Crippen molar-refractivity contribution in [2.45, 2.75) is 204 Å². The zero-order chi connectivity index (χ0) is 83.6. The predicted octanol–water partition coefficient (Wildman–Crippen LogP) is 15.0. The van der Waals surface area contributed by atoms with Crippen molar-refractivity contribution in [2.24, 2.45) is 0 Å². The van der Waals surface area contributed by atoms with Gasteiger partial charge in [0.1, 0.15) is 79.8 Å². The van der Waals surface area contributed by atoms with Crippen LogP contribution in [0.1, 0.15) is 108 Å². The molecule has 5 heterocycles. The normalized spacial score (nSPS) is 27.3. The van der Waals surface area contributed by atoms with E-state index in [0.29, 0.717) is 32.4 Å². The Kier molecular flexibility index (Phi) is 33.9. The number of benzene rings is 8. The van der Waals surface area contributed by atoms with Crippen molar-refractivity contribution >= 4 is 60.7 Å². The van der Waals surface area contributed by atoms with Crippen molar-refractivity contribution in [2.75, 3.05) is 44.8 Å². The van der Waals surface area contributed by atoms with Crippen LogP contribution in [-0.4, -0.2) is 184 Å². The highest BCUT2D eigenvalue weighted by atomic mass is 35.5. The largest absolute Gasteiger partial charge is 0.472 e. The number of anilines is 1. The van der Waals surface area contributed by atoms with E-state index in [-0.39, 0.29) is 65.5 Å². The number of carbonyl (C=O) groups is 4. The van der Waals surface area contributed by atoms with E-state index in [2.05, 4.69) is 36.3 Å². The lowest BCUT2D eigenvalue weighted by molar-refractivity contribution is -0.392. The maximum Gasteiger partial charge on any atom is 0.472 e. The van der Waals surface area contributed by atoms with Gasteiger partial charge in [0.05, 0.1) is 69.6 Å². The molecule has 0 aliphatic carbocycles. The molecule has 636 valence electrons. The molecule has 26 nitrogen and oxygen atoms in total. The number of nitrogens with zero attached hydrogens (tertiary/aromatic N) is 1. The average Bonchev–Trinajstić information content (AvgIpc) is 0.773. The number of rotatable bonds is 34. The molecule has 5 aliphatic rings. The van der Waals surface area contributed by atoms with Gasteiger partial charge in [0.2, 0.25) is 5.91 Å². The highest BCUT2D eigenvalue weighted by Gasteiger charge is 2.59. The Balaban J connectivity index is 0.00000178. The third-order valence-corrected chi connectivity index (χ3v) is 22.3. The van der Waals surface area contributed by atoms with Crippen LogP contribution in [0.25, 0.3) is 0 Å². The Morgan fingerprint density at radius 2 is 0.941 bits per heavy atom. The van der Waals surface area contributed by atoms with Gasteiger partial charge in [-0.15, -0.1) is 0 Å². The zero-order valence-corrected chi connectivity index (χ0v) is 69.6. The molecule has 8 aromatic carbocycles. The van der Waals surface area contributed by atoms with Crippen LogP contribution in [0, 0.1) is 0 Å². The number of hydrogen-bond donors (Lipinski definition) is 3. The Morgan fingerprint density at radius 1 is 0.487 bits per heavy atom. The van der Waals surface area contributed by atoms with Gasteiger partial charge >= 0.3 is 25.9 Å². The second-order valence-corrected chi connectivity index (χ2v) is 31.6. The molecule has 13 rings (SSSR count). The fraction of sp³-hybridized carbons (Fsp3) is 0.422. The number of halogens is 2. The van der Waals surface area contributed by atoms with Crippen LogP contribution in [0.2, 0.25) is 10.0 Å². The molecular formula is C90H104Cl2N3O23P. The molecule has 0 spiro atoms.